The van der Waals surface area contributed by atoms with Gasteiger partial charge in [-0.1, -0.05) is 0 Å². The smallest absolute Gasteiger partial charge is 0.337 e. The van der Waals surface area contributed by atoms with E-state index in [1.165, 1.54) is 24.4 Å². The number of benzene rings is 1. The molecular weight excluding hydrogens is 455 g/mol. The number of halogens is 2. The topological polar surface area (TPSA) is 88.4 Å². The van der Waals surface area contributed by atoms with Crippen molar-refractivity contribution in [3.8, 4) is 17.0 Å². The predicted molar refractivity (Wildman–Crippen MR) is 112 cm³/mol. The van der Waals surface area contributed by atoms with Crippen LogP contribution in [0, 0.1) is 5.82 Å². The average Bonchev–Trinajstić information content (AvgIpc) is 2.77. The van der Waals surface area contributed by atoms with Crippen LogP contribution in [0.2, 0.25) is 0 Å². The third-order valence-electron chi connectivity index (χ3n) is 4.88. The van der Waals surface area contributed by atoms with Gasteiger partial charge >= 0.3 is 5.97 Å². The van der Waals surface area contributed by atoms with Crippen molar-refractivity contribution in [1.82, 2.24) is 15.2 Å². The molecule has 9 heteroatoms. The van der Waals surface area contributed by atoms with Crippen molar-refractivity contribution in [3.05, 3.63) is 64.6 Å². The van der Waals surface area contributed by atoms with Crippen LogP contribution in [0.1, 0.15) is 23.2 Å². The highest BCUT2D eigenvalue weighted by Crippen LogP contribution is 2.29. The van der Waals surface area contributed by atoms with Gasteiger partial charge in [-0.25, -0.2) is 9.18 Å². The normalized spacial score (nSPS) is 14.5. The standard InChI is InChI=1S/C21H18BrFN4O3/c22-17-2-1-15(23)10-19(17)30-16-5-7-27(8-6-16)20-4-3-18(25-26-20)13-9-14(21(28)29)12-24-11-13/h1-4,9-12,16H,5-8H2,(H,28,29). The lowest BCUT2D eigenvalue weighted by Gasteiger charge is -2.32. The third kappa shape index (κ3) is 4.56. The molecule has 4 rings (SSSR count). The second kappa shape index (κ2) is 8.74. The SMILES string of the molecule is O=C(O)c1cncc(-c2ccc(N3CCC(Oc4cc(F)ccc4Br)CC3)nn2)c1. The summed E-state index contributed by atoms with van der Waals surface area (Å²) >= 11 is 3.39. The number of nitrogens with zero attached hydrogens (tertiary/aromatic N) is 4. The number of piperidine rings is 1. The Labute approximate surface area is 180 Å². The number of aromatic nitrogens is 3. The Kier molecular flexibility index (Phi) is 5.89. The average molecular weight is 473 g/mol. The van der Waals surface area contributed by atoms with E-state index in [1.54, 1.807) is 18.3 Å². The molecular formula is C21H18BrFN4O3. The highest BCUT2D eigenvalue weighted by atomic mass is 79.9. The van der Waals surface area contributed by atoms with E-state index in [9.17, 15) is 9.18 Å². The molecule has 0 spiro atoms. The summed E-state index contributed by atoms with van der Waals surface area (Å²) < 4.78 is 20.1. The number of carboxylic acids is 1. The minimum absolute atomic E-state index is 0.00332. The zero-order valence-electron chi connectivity index (χ0n) is 15.8. The maximum Gasteiger partial charge on any atom is 0.337 e. The van der Waals surface area contributed by atoms with Crippen LogP contribution in [0.25, 0.3) is 11.3 Å². The molecule has 2 aromatic heterocycles. The Morgan fingerprint density at radius 3 is 2.63 bits per heavy atom. The summed E-state index contributed by atoms with van der Waals surface area (Å²) in [5, 5.41) is 17.6. The van der Waals surface area contributed by atoms with Gasteiger partial charge in [0.15, 0.2) is 5.82 Å². The molecule has 0 radical (unpaired) electrons. The molecule has 1 aliphatic rings. The van der Waals surface area contributed by atoms with Gasteiger partial charge < -0.3 is 14.7 Å². The van der Waals surface area contributed by atoms with Gasteiger partial charge in [0, 0.05) is 50.0 Å². The third-order valence-corrected chi connectivity index (χ3v) is 5.54. The van der Waals surface area contributed by atoms with Crippen LogP contribution in [-0.4, -0.2) is 45.5 Å². The summed E-state index contributed by atoms with van der Waals surface area (Å²) in [5.74, 6) is -0.115. The number of hydrogen-bond acceptors (Lipinski definition) is 6. The Balaban J connectivity index is 1.39. The van der Waals surface area contributed by atoms with Crippen molar-refractivity contribution in [1.29, 1.82) is 0 Å². The molecule has 0 atom stereocenters. The molecule has 0 bridgehead atoms. The molecule has 1 N–H and O–H groups in total. The maximum atomic E-state index is 13.4. The summed E-state index contributed by atoms with van der Waals surface area (Å²) in [7, 11) is 0. The monoisotopic (exact) mass is 472 g/mol. The highest BCUT2D eigenvalue weighted by molar-refractivity contribution is 9.10. The zero-order chi connectivity index (χ0) is 21.1. The fourth-order valence-corrected chi connectivity index (χ4v) is 3.63. The van der Waals surface area contributed by atoms with Crippen LogP contribution < -0.4 is 9.64 Å². The van der Waals surface area contributed by atoms with E-state index in [4.69, 9.17) is 9.84 Å². The molecule has 3 aromatic rings. The molecule has 1 aromatic carbocycles. The predicted octanol–water partition coefficient (Wildman–Crippen LogP) is 4.19. The molecule has 30 heavy (non-hydrogen) atoms. The number of anilines is 1. The van der Waals surface area contributed by atoms with Gasteiger partial charge in [0.05, 0.1) is 15.7 Å². The summed E-state index contributed by atoms with van der Waals surface area (Å²) in [6.45, 7) is 1.48. The van der Waals surface area contributed by atoms with E-state index in [0.717, 1.165) is 36.2 Å². The van der Waals surface area contributed by atoms with Gasteiger partial charge in [-0.15, -0.1) is 10.2 Å². The van der Waals surface area contributed by atoms with Crippen LogP contribution in [0.3, 0.4) is 0 Å². The molecule has 0 aliphatic carbocycles. The molecule has 0 amide bonds. The van der Waals surface area contributed by atoms with Crippen LogP contribution in [0.4, 0.5) is 10.2 Å². The minimum Gasteiger partial charge on any atom is -0.489 e. The fraction of sp³-hybridized carbons (Fsp3) is 0.238. The Hall–Kier alpha value is -3.07. The van der Waals surface area contributed by atoms with E-state index in [1.807, 2.05) is 6.07 Å². The maximum absolute atomic E-state index is 13.4. The first kappa shape index (κ1) is 20.2. The van der Waals surface area contributed by atoms with Crippen LogP contribution in [0.15, 0.2) is 53.3 Å². The molecule has 0 saturated carbocycles. The highest BCUT2D eigenvalue weighted by Gasteiger charge is 2.22. The number of aromatic carboxylic acids is 1. The van der Waals surface area contributed by atoms with Gasteiger partial charge in [-0.05, 0) is 46.3 Å². The Morgan fingerprint density at radius 1 is 1.13 bits per heavy atom. The first-order chi connectivity index (χ1) is 14.5. The molecule has 3 heterocycles. The van der Waals surface area contributed by atoms with E-state index >= 15 is 0 Å². The second-order valence-electron chi connectivity index (χ2n) is 6.92. The lowest BCUT2D eigenvalue weighted by atomic mass is 10.1. The van der Waals surface area contributed by atoms with Gasteiger partial charge in [0.1, 0.15) is 17.7 Å². The van der Waals surface area contributed by atoms with E-state index in [2.05, 4.69) is 36.0 Å². The van der Waals surface area contributed by atoms with Crippen molar-refractivity contribution in [3.63, 3.8) is 0 Å². The van der Waals surface area contributed by atoms with Crippen LogP contribution >= 0.6 is 15.9 Å². The van der Waals surface area contributed by atoms with Gasteiger partial charge in [0.2, 0.25) is 0 Å². The fourth-order valence-electron chi connectivity index (χ4n) is 3.29. The molecule has 1 saturated heterocycles. The first-order valence-corrected chi connectivity index (χ1v) is 10.2. The molecule has 1 fully saturated rings. The second-order valence-corrected chi connectivity index (χ2v) is 7.78. The number of ether oxygens (including phenoxy) is 1. The lowest BCUT2D eigenvalue weighted by Crippen LogP contribution is -2.38. The van der Waals surface area contributed by atoms with Crippen molar-refractivity contribution in [2.75, 3.05) is 18.0 Å². The van der Waals surface area contributed by atoms with E-state index < -0.39 is 5.97 Å². The van der Waals surface area contributed by atoms with Gasteiger partial charge in [-0.3, -0.25) is 4.98 Å². The number of carbonyl (C=O) groups is 1. The van der Waals surface area contributed by atoms with Crippen molar-refractivity contribution >= 4 is 27.7 Å². The summed E-state index contributed by atoms with van der Waals surface area (Å²) in [6.07, 6.45) is 4.40. The first-order valence-electron chi connectivity index (χ1n) is 9.39. The summed E-state index contributed by atoms with van der Waals surface area (Å²) in [6, 6.07) is 9.59. The summed E-state index contributed by atoms with van der Waals surface area (Å²) in [4.78, 5) is 17.2. The van der Waals surface area contributed by atoms with Crippen molar-refractivity contribution in [2.45, 2.75) is 18.9 Å². The van der Waals surface area contributed by atoms with Crippen molar-refractivity contribution in [2.24, 2.45) is 0 Å². The number of rotatable bonds is 5. The van der Waals surface area contributed by atoms with E-state index in [-0.39, 0.29) is 17.5 Å². The van der Waals surface area contributed by atoms with Crippen LogP contribution in [-0.2, 0) is 0 Å². The van der Waals surface area contributed by atoms with Gasteiger partial charge in [0.25, 0.3) is 0 Å². The number of pyridine rings is 1. The Morgan fingerprint density at radius 2 is 1.93 bits per heavy atom. The van der Waals surface area contributed by atoms with Gasteiger partial charge in [-0.2, -0.15) is 0 Å². The van der Waals surface area contributed by atoms with E-state index in [0.29, 0.717) is 17.0 Å². The number of hydrogen-bond donors (Lipinski definition) is 1. The van der Waals surface area contributed by atoms with Crippen LogP contribution in [0.5, 0.6) is 5.75 Å². The molecule has 154 valence electrons. The molecule has 7 nitrogen and oxygen atoms in total. The zero-order valence-corrected chi connectivity index (χ0v) is 17.4. The Bertz CT molecular complexity index is 1060. The van der Waals surface area contributed by atoms with Crippen molar-refractivity contribution < 1.29 is 19.0 Å². The minimum atomic E-state index is -1.04. The quantitative estimate of drug-likeness (QED) is 0.595. The summed E-state index contributed by atoms with van der Waals surface area (Å²) in [5.41, 5.74) is 1.26. The number of carboxylic acid groups (broad SMARTS) is 1. The largest absolute Gasteiger partial charge is 0.489 e. The lowest BCUT2D eigenvalue weighted by molar-refractivity contribution is 0.0696. The molecule has 0 unspecified atom stereocenters. The molecule has 1 aliphatic heterocycles.